The van der Waals surface area contributed by atoms with Gasteiger partial charge in [-0.1, -0.05) is 19.1 Å². The zero-order chi connectivity index (χ0) is 18.4. The summed E-state index contributed by atoms with van der Waals surface area (Å²) in [6.45, 7) is 10.8. The van der Waals surface area contributed by atoms with E-state index in [1.807, 2.05) is 13.8 Å². The van der Waals surface area contributed by atoms with Gasteiger partial charge in [0.15, 0.2) is 6.29 Å². The van der Waals surface area contributed by atoms with E-state index >= 15 is 0 Å². The molecular weight excluding hydrogens is 320 g/mol. The molecule has 8 atom stereocenters. The Hall–Kier alpha value is -0.460. The van der Waals surface area contributed by atoms with Gasteiger partial charge in [-0.05, 0) is 69.6 Å². The van der Waals surface area contributed by atoms with Crippen molar-refractivity contribution in [1.82, 2.24) is 0 Å². The van der Waals surface area contributed by atoms with Gasteiger partial charge in [0.2, 0.25) is 0 Å². The van der Waals surface area contributed by atoms with Crippen LogP contribution in [0.1, 0.15) is 52.9 Å². The second-order valence-corrected chi connectivity index (χ2v) is 8.93. The molecule has 1 aliphatic heterocycles. The Morgan fingerprint density at radius 3 is 2.56 bits per heavy atom. The van der Waals surface area contributed by atoms with E-state index in [9.17, 15) is 15.3 Å². The molecule has 1 saturated heterocycles. The second kappa shape index (κ2) is 7.28. The first-order valence-corrected chi connectivity index (χ1v) is 9.72. The monoisotopic (exact) mass is 354 g/mol. The Bertz CT molecular complexity index is 490. The summed E-state index contributed by atoms with van der Waals surface area (Å²) in [5.74, 6) is 2.36. The summed E-state index contributed by atoms with van der Waals surface area (Å²) in [4.78, 5) is 0. The van der Waals surface area contributed by atoms with Gasteiger partial charge in [0, 0.05) is 0 Å². The van der Waals surface area contributed by atoms with E-state index < -0.39 is 30.2 Å². The van der Waals surface area contributed by atoms with E-state index in [1.165, 1.54) is 18.4 Å². The van der Waals surface area contributed by atoms with Gasteiger partial charge in [0.05, 0.1) is 12.2 Å². The van der Waals surface area contributed by atoms with Crippen molar-refractivity contribution in [2.24, 2.45) is 23.7 Å². The average molecular weight is 354 g/mol. The first kappa shape index (κ1) is 19.3. The Morgan fingerprint density at radius 2 is 1.84 bits per heavy atom. The predicted octanol–water partition coefficient (Wildman–Crippen LogP) is 2.24. The molecule has 0 aromatic carbocycles. The highest BCUT2D eigenvalue weighted by Gasteiger charge is 2.46. The highest BCUT2D eigenvalue weighted by molar-refractivity contribution is 5.10. The lowest BCUT2D eigenvalue weighted by Gasteiger charge is -2.42. The minimum absolute atomic E-state index is 0.0256. The number of aliphatic hydroxyl groups excluding tert-OH is 3. The van der Waals surface area contributed by atoms with Gasteiger partial charge in [-0.3, -0.25) is 0 Å². The van der Waals surface area contributed by atoms with E-state index in [1.54, 1.807) is 0 Å². The summed E-state index contributed by atoms with van der Waals surface area (Å²) in [5, 5.41) is 29.7. The predicted molar refractivity (Wildman–Crippen MR) is 94.8 cm³/mol. The van der Waals surface area contributed by atoms with Gasteiger partial charge in [0.1, 0.15) is 18.3 Å². The minimum atomic E-state index is -1.23. The molecule has 2 saturated carbocycles. The van der Waals surface area contributed by atoms with Crippen LogP contribution in [-0.2, 0) is 9.47 Å². The first-order chi connectivity index (χ1) is 11.7. The summed E-state index contributed by atoms with van der Waals surface area (Å²) in [7, 11) is 0. The molecule has 0 amide bonds. The fraction of sp³-hybridized carbons (Fsp3) is 0.900. The number of hydrogen-bond acceptors (Lipinski definition) is 5. The van der Waals surface area contributed by atoms with Crippen molar-refractivity contribution in [3.8, 4) is 0 Å². The summed E-state index contributed by atoms with van der Waals surface area (Å²) < 4.78 is 11.6. The SMILES string of the molecule is C=C1CC[C@@H](C(C)(C)O[C@H]2OC[C@@H](O)[C@@H](O)[C@@H]2O)C[C@H]2[C@@H](C)CC[C@@H]12. The molecule has 3 fully saturated rings. The van der Waals surface area contributed by atoms with Crippen molar-refractivity contribution in [1.29, 1.82) is 0 Å². The van der Waals surface area contributed by atoms with Gasteiger partial charge in [-0.15, -0.1) is 0 Å². The van der Waals surface area contributed by atoms with Crippen LogP contribution in [0.25, 0.3) is 0 Å². The third-order valence-corrected chi connectivity index (χ3v) is 6.93. The zero-order valence-electron chi connectivity index (χ0n) is 15.7. The number of ether oxygens (including phenoxy) is 2. The molecule has 1 heterocycles. The molecule has 0 aromatic rings. The van der Waals surface area contributed by atoms with E-state index in [0.29, 0.717) is 23.7 Å². The molecule has 3 N–H and O–H groups in total. The molecular formula is C20H34O5. The molecule has 0 bridgehead atoms. The minimum Gasteiger partial charge on any atom is -0.388 e. The van der Waals surface area contributed by atoms with Crippen LogP contribution >= 0.6 is 0 Å². The molecule has 2 aliphatic carbocycles. The molecule has 3 rings (SSSR count). The molecule has 144 valence electrons. The molecule has 25 heavy (non-hydrogen) atoms. The normalized spacial score (nSPS) is 45.9. The summed E-state index contributed by atoms with van der Waals surface area (Å²) >= 11 is 0. The van der Waals surface area contributed by atoms with Crippen molar-refractivity contribution >= 4 is 0 Å². The van der Waals surface area contributed by atoms with Crippen LogP contribution in [-0.4, -0.2) is 52.1 Å². The number of rotatable bonds is 3. The van der Waals surface area contributed by atoms with Crippen LogP contribution in [0.2, 0.25) is 0 Å². The lowest BCUT2D eigenvalue weighted by atomic mass is 9.77. The van der Waals surface area contributed by atoms with Gasteiger partial charge >= 0.3 is 0 Å². The highest BCUT2D eigenvalue weighted by atomic mass is 16.7. The maximum atomic E-state index is 10.2. The van der Waals surface area contributed by atoms with E-state index in [-0.39, 0.29) is 6.61 Å². The number of allylic oxidation sites excluding steroid dienone is 1. The molecule has 5 heteroatoms. The quantitative estimate of drug-likeness (QED) is 0.678. The van der Waals surface area contributed by atoms with Gasteiger partial charge in [-0.2, -0.15) is 0 Å². The number of aliphatic hydroxyl groups is 3. The fourth-order valence-electron chi connectivity index (χ4n) is 5.07. The summed E-state index contributed by atoms with van der Waals surface area (Å²) in [6.07, 6.45) is 1.25. The maximum Gasteiger partial charge on any atom is 0.186 e. The van der Waals surface area contributed by atoms with E-state index in [4.69, 9.17) is 9.47 Å². The van der Waals surface area contributed by atoms with Crippen LogP contribution in [0.4, 0.5) is 0 Å². The second-order valence-electron chi connectivity index (χ2n) is 8.93. The molecule has 3 aliphatic rings. The van der Waals surface area contributed by atoms with Crippen molar-refractivity contribution in [2.75, 3.05) is 6.61 Å². The smallest absolute Gasteiger partial charge is 0.186 e. The lowest BCUT2D eigenvalue weighted by molar-refractivity contribution is -0.304. The van der Waals surface area contributed by atoms with Crippen molar-refractivity contribution < 1.29 is 24.8 Å². The summed E-state index contributed by atoms with van der Waals surface area (Å²) in [5.41, 5.74) is 0.908. The Balaban J connectivity index is 1.70. The molecule has 0 unspecified atom stereocenters. The number of fused-ring (bicyclic) bond motifs is 1. The third kappa shape index (κ3) is 3.81. The Labute approximate surface area is 151 Å². The van der Waals surface area contributed by atoms with Crippen molar-refractivity contribution in [3.05, 3.63) is 12.2 Å². The standard InChI is InChI=1S/C20H34O5/c1-11-5-7-13(9-15-12(2)6-8-14(11)15)20(3,4)25-19-18(23)17(22)16(21)10-24-19/h12-19,21-23H,1,5-10H2,2-4H3/t12-,13+,14-,15-,16+,17+,18-,19+/m0/s1. The fourth-order valence-corrected chi connectivity index (χ4v) is 5.07. The molecule has 0 spiro atoms. The van der Waals surface area contributed by atoms with Crippen LogP contribution in [0.3, 0.4) is 0 Å². The zero-order valence-corrected chi connectivity index (χ0v) is 15.7. The van der Waals surface area contributed by atoms with Gasteiger partial charge in [-0.25, -0.2) is 0 Å². The van der Waals surface area contributed by atoms with Crippen LogP contribution in [0, 0.1) is 23.7 Å². The highest BCUT2D eigenvalue weighted by Crippen LogP contribution is 2.50. The van der Waals surface area contributed by atoms with E-state index in [0.717, 1.165) is 19.3 Å². The van der Waals surface area contributed by atoms with Crippen molar-refractivity contribution in [2.45, 2.75) is 83.1 Å². The topological polar surface area (TPSA) is 79.2 Å². The van der Waals surface area contributed by atoms with Gasteiger partial charge in [0.25, 0.3) is 0 Å². The average Bonchev–Trinajstić information content (AvgIpc) is 2.82. The van der Waals surface area contributed by atoms with Crippen LogP contribution in [0.15, 0.2) is 12.2 Å². The van der Waals surface area contributed by atoms with E-state index in [2.05, 4.69) is 13.5 Å². The maximum absolute atomic E-state index is 10.2. The lowest BCUT2D eigenvalue weighted by Crippen LogP contribution is -2.56. The van der Waals surface area contributed by atoms with Crippen molar-refractivity contribution in [3.63, 3.8) is 0 Å². The van der Waals surface area contributed by atoms with Crippen LogP contribution < -0.4 is 0 Å². The summed E-state index contributed by atoms with van der Waals surface area (Å²) in [6, 6.07) is 0. The molecule has 0 aromatic heterocycles. The number of hydrogen-bond donors (Lipinski definition) is 3. The van der Waals surface area contributed by atoms with Crippen LogP contribution in [0.5, 0.6) is 0 Å². The molecule has 0 radical (unpaired) electrons. The largest absolute Gasteiger partial charge is 0.388 e. The Kier molecular flexibility index (Phi) is 5.62. The van der Waals surface area contributed by atoms with Gasteiger partial charge < -0.3 is 24.8 Å². The first-order valence-electron chi connectivity index (χ1n) is 9.72. The Morgan fingerprint density at radius 1 is 1.12 bits per heavy atom. The molecule has 5 nitrogen and oxygen atoms in total. The third-order valence-electron chi connectivity index (χ3n) is 6.93.